The Morgan fingerprint density at radius 1 is 1.36 bits per heavy atom. The topological polar surface area (TPSA) is 104 Å². The second-order valence-corrected chi connectivity index (χ2v) is 4.67. The number of aromatic nitrogens is 2. The van der Waals surface area contributed by atoms with Crippen LogP contribution in [0, 0.1) is 0 Å². The van der Waals surface area contributed by atoms with E-state index in [9.17, 15) is 9.59 Å². The molecule has 1 atom stereocenters. The summed E-state index contributed by atoms with van der Waals surface area (Å²) in [6.45, 7) is 1.69. The molecule has 3 N–H and O–H groups in total. The molecule has 1 aromatic carbocycles. The van der Waals surface area contributed by atoms with E-state index in [0.717, 1.165) is 11.3 Å². The van der Waals surface area contributed by atoms with Crippen LogP contribution in [0.3, 0.4) is 0 Å². The molecular formula is C15H17N3O4. The van der Waals surface area contributed by atoms with Crippen LogP contribution in [0.4, 0.5) is 0 Å². The number of nitrogens with zero attached hydrogens (tertiary/aromatic N) is 1. The van der Waals surface area contributed by atoms with Gasteiger partial charge in [-0.05, 0) is 36.8 Å². The predicted octanol–water partition coefficient (Wildman–Crippen LogP) is 1.68. The Bertz CT molecular complexity index is 664. The van der Waals surface area contributed by atoms with Gasteiger partial charge in [0, 0.05) is 5.56 Å². The first kappa shape index (κ1) is 15.6. The van der Waals surface area contributed by atoms with Gasteiger partial charge >= 0.3 is 5.97 Å². The van der Waals surface area contributed by atoms with Crippen molar-refractivity contribution in [2.75, 3.05) is 7.11 Å². The lowest BCUT2D eigenvalue weighted by molar-refractivity contribution is -0.139. The molecule has 0 spiro atoms. The minimum absolute atomic E-state index is 0.213. The molecule has 1 amide bonds. The number of hydrogen-bond donors (Lipinski definition) is 3. The minimum Gasteiger partial charge on any atom is -0.497 e. The molecule has 0 aliphatic carbocycles. The van der Waals surface area contributed by atoms with E-state index in [0.29, 0.717) is 12.1 Å². The van der Waals surface area contributed by atoms with E-state index in [-0.39, 0.29) is 5.69 Å². The van der Waals surface area contributed by atoms with Gasteiger partial charge in [-0.25, -0.2) is 4.79 Å². The third-order valence-electron chi connectivity index (χ3n) is 3.22. The molecule has 2 aromatic rings. The van der Waals surface area contributed by atoms with E-state index in [1.807, 2.05) is 12.1 Å². The molecule has 7 heteroatoms. The van der Waals surface area contributed by atoms with Crippen LogP contribution >= 0.6 is 0 Å². The fraction of sp³-hybridized carbons (Fsp3) is 0.267. The summed E-state index contributed by atoms with van der Waals surface area (Å²) in [5.41, 5.74) is 1.63. The average molecular weight is 303 g/mol. The number of rotatable bonds is 6. The molecule has 1 unspecified atom stereocenters. The van der Waals surface area contributed by atoms with E-state index in [2.05, 4.69) is 15.5 Å². The number of carboxylic acid groups (broad SMARTS) is 1. The van der Waals surface area contributed by atoms with Crippen LogP contribution in [0.25, 0.3) is 11.3 Å². The molecule has 0 aliphatic heterocycles. The highest BCUT2D eigenvalue weighted by Gasteiger charge is 2.20. The summed E-state index contributed by atoms with van der Waals surface area (Å²) < 4.78 is 5.08. The molecule has 0 fully saturated rings. The maximum Gasteiger partial charge on any atom is 0.326 e. The number of nitrogens with one attached hydrogen (secondary N) is 2. The van der Waals surface area contributed by atoms with Crippen molar-refractivity contribution in [1.29, 1.82) is 0 Å². The molecule has 116 valence electrons. The molecule has 2 rings (SSSR count). The number of methoxy groups -OCH3 is 1. The van der Waals surface area contributed by atoms with Crippen LogP contribution in [-0.2, 0) is 4.79 Å². The van der Waals surface area contributed by atoms with Gasteiger partial charge < -0.3 is 15.2 Å². The van der Waals surface area contributed by atoms with Crippen LogP contribution in [-0.4, -0.2) is 40.3 Å². The van der Waals surface area contributed by atoms with Gasteiger partial charge in [-0.3, -0.25) is 9.89 Å². The zero-order valence-electron chi connectivity index (χ0n) is 12.3. The molecule has 7 nitrogen and oxygen atoms in total. The molecule has 22 heavy (non-hydrogen) atoms. The zero-order valence-corrected chi connectivity index (χ0v) is 12.3. The van der Waals surface area contributed by atoms with Crippen molar-refractivity contribution < 1.29 is 19.4 Å². The molecule has 0 bridgehead atoms. The fourth-order valence-corrected chi connectivity index (χ4v) is 1.92. The van der Waals surface area contributed by atoms with Gasteiger partial charge in [0.15, 0.2) is 0 Å². The predicted molar refractivity (Wildman–Crippen MR) is 79.8 cm³/mol. The minimum atomic E-state index is -1.06. The van der Waals surface area contributed by atoms with E-state index in [1.54, 1.807) is 32.2 Å². The normalized spacial score (nSPS) is 11.7. The van der Waals surface area contributed by atoms with Crippen molar-refractivity contribution in [3.05, 3.63) is 36.0 Å². The summed E-state index contributed by atoms with van der Waals surface area (Å²) in [6.07, 6.45) is 0.306. The summed E-state index contributed by atoms with van der Waals surface area (Å²) in [5.74, 6) is -0.836. The molecule has 1 heterocycles. The largest absolute Gasteiger partial charge is 0.497 e. The van der Waals surface area contributed by atoms with Crippen LogP contribution < -0.4 is 10.1 Å². The molecule has 0 saturated heterocycles. The molecule has 0 aliphatic rings. The molecule has 0 saturated carbocycles. The first-order valence-corrected chi connectivity index (χ1v) is 6.78. The van der Waals surface area contributed by atoms with Gasteiger partial charge in [-0.15, -0.1) is 0 Å². The third-order valence-corrected chi connectivity index (χ3v) is 3.22. The van der Waals surface area contributed by atoms with Gasteiger partial charge in [0.2, 0.25) is 0 Å². The Kier molecular flexibility index (Phi) is 4.77. The number of carbonyl (C=O) groups excluding carboxylic acids is 1. The van der Waals surface area contributed by atoms with E-state index < -0.39 is 17.9 Å². The number of ether oxygens (including phenoxy) is 1. The SMILES string of the molecule is CCC(NC(=O)c1cc(-c2ccc(OC)cc2)n[nH]1)C(=O)O. The highest BCUT2D eigenvalue weighted by molar-refractivity contribution is 5.95. The Hall–Kier alpha value is -2.83. The summed E-state index contributed by atoms with van der Waals surface area (Å²) >= 11 is 0. The highest BCUT2D eigenvalue weighted by Crippen LogP contribution is 2.21. The summed E-state index contributed by atoms with van der Waals surface area (Å²) in [5, 5.41) is 18.1. The van der Waals surface area contributed by atoms with Crippen molar-refractivity contribution in [2.45, 2.75) is 19.4 Å². The lowest BCUT2D eigenvalue weighted by Gasteiger charge is -2.10. The standard InChI is InChI=1S/C15H17N3O4/c1-3-11(15(20)21)16-14(19)13-8-12(17-18-13)9-4-6-10(22-2)7-5-9/h4-8,11H,3H2,1-2H3,(H,16,19)(H,17,18)(H,20,21). The van der Waals surface area contributed by atoms with Gasteiger partial charge in [0.25, 0.3) is 5.91 Å². The lowest BCUT2D eigenvalue weighted by atomic mass is 10.1. The van der Waals surface area contributed by atoms with Crippen molar-refractivity contribution in [1.82, 2.24) is 15.5 Å². The van der Waals surface area contributed by atoms with Crippen molar-refractivity contribution in [2.24, 2.45) is 0 Å². The molecule has 0 radical (unpaired) electrons. The van der Waals surface area contributed by atoms with E-state index >= 15 is 0 Å². The van der Waals surface area contributed by atoms with Crippen LogP contribution in [0.2, 0.25) is 0 Å². The van der Waals surface area contributed by atoms with Crippen molar-refractivity contribution in [3.63, 3.8) is 0 Å². The van der Waals surface area contributed by atoms with Gasteiger partial charge in [0.05, 0.1) is 12.8 Å². The fourth-order valence-electron chi connectivity index (χ4n) is 1.92. The number of carbonyl (C=O) groups is 2. The molecule has 1 aromatic heterocycles. The zero-order chi connectivity index (χ0) is 16.1. The number of H-pyrrole nitrogens is 1. The quantitative estimate of drug-likeness (QED) is 0.753. The number of benzene rings is 1. The summed E-state index contributed by atoms with van der Waals surface area (Å²) in [7, 11) is 1.58. The summed E-state index contributed by atoms with van der Waals surface area (Å²) in [4.78, 5) is 22.9. The second kappa shape index (κ2) is 6.75. The van der Waals surface area contributed by atoms with Crippen LogP contribution in [0.5, 0.6) is 5.75 Å². The first-order valence-electron chi connectivity index (χ1n) is 6.78. The van der Waals surface area contributed by atoms with Crippen LogP contribution in [0.1, 0.15) is 23.8 Å². The Morgan fingerprint density at radius 3 is 2.59 bits per heavy atom. The van der Waals surface area contributed by atoms with Crippen molar-refractivity contribution in [3.8, 4) is 17.0 Å². The number of aromatic amines is 1. The smallest absolute Gasteiger partial charge is 0.326 e. The van der Waals surface area contributed by atoms with E-state index in [1.165, 1.54) is 0 Å². The Balaban J connectivity index is 2.13. The average Bonchev–Trinajstić information content (AvgIpc) is 3.02. The second-order valence-electron chi connectivity index (χ2n) is 4.67. The monoisotopic (exact) mass is 303 g/mol. The lowest BCUT2D eigenvalue weighted by Crippen LogP contribution is -2.40. The maximum atomic E-state index is 12.0. The third kappa shape index (κ3) is 3.43. The van der Waals surface area contributed by atoms with Crippen LogP contribution in [0.15, 0.2) is 30.3 Å². The first-order chi connectivity index (χ1) is 10.5. The van der Waals surface area contributed by atoms with E-state index in [4.69, 9.17) is 9.84 Å². The highest BCUT2D eigenvalue weighted by atomic mass is 16.5. The number of amides is 1. The Labute approximate surface area is 127 Å². The maximum absolute atomic E-state index is 12.0. The Morgan fingerprint density at radius 2 is 2.05 bits per heavy atom. The number of hydrogen-bond acceptors (Lipinski definition) is 4. The van der Waals surface area contributed by atoms with Gasteiger partial charge in [-0.1, -0.05) is 6.92 Å². The molecular weight excluding hydrogens is 286 g/mol. The van der Waals surface area contributed by atoms with Gasteiger partial charge in [0.1, 0.15) is 17.5 Å². The van der Waals surface area contributed by atoms with Gasteiger partial charge in [-0.2, -0.15) is 5.10 Å². The summed E-state index contributed by atoms with van der Waals surface area (Å²) in [6, 6.07) is 7.89. The number of aliphatic carboxylic acids is 1. The number of carboxylic acids is 1. The van der Waals surface area contributed by atoms with Crippen molar-refractivity contribution >= 4 is 11.9 Å².